The third-order valence-corrected chi connectivity index (χ3v) is 12.7. The molecule has 0 saturated heterocycles. The zero-order valence-electron chi connectivity index (χ0n) is 29.1. The first-order chi connectivity index (χ1) is 26.3. The van der Waals surface area contributed by atoms with Gasteiger partial charge in [0.25, 0.3) is 0 Å². The van der Waals surface area contributed by atoms with Crippen LogP contribution in [0.25, 0.3) is 91.9 Å². The number of benzene rings is 9. The molecule has 0 nitrogen and oxygen atoms in total. The zero-order valence-corrected chi connectivity index (χ0v) is 29.9. The van der Waals surface area contributed by atoms with Crippen LogP contribution in [0.15, 0.2) is 182 Å². The van der Waals surface area contributed by atoms with E-state index in [2.05, 4.69) is 188 Å². The Morgan fingerprint density at radius 1 is 0.434 bits per heavy atom. The predicted molar refractivity (Wildman–Crippen MR) is 230 cm³/mol. The number of rotatable bonds is 4. The van der Waals surface area contributed by atoms with Crippen LogP contribution in [0.1, 0.15) is 22.6 Å². The topological polar surface area (TPSA) is 0 Å². The van der Waals surface area contributed by atoms with Gasteiger partial charge in [0.1, 0.15) is 0 Å². The molecule has 0 aliphatic heterocycles. The van der Waals surface area contributed by atoms with Crippen LogP contribution in [0.3, 0.4) is 0 Å². The molecule has 1 atom stereocenters. The Kier molecular flexibility index (Phi) is 6.96. The number of allylic oxidation sites excluding steroid dienone is 1. The van der Waals surface area contributed by atoms with Gasteiger partial charge in [-0.05, 0) is 101 Å². The number of thiophene rings is 1. The van der Waals surface area contributed by atoms with E-state index in [1.807, 2.05) is 11.3 Å². The molecular weight excluding hydrogens is 657 g/mol. The summed E-state index contributed by atoms with van der Waals surface area (Å²) in [5.41, 5.74) is 11.9. The van der Waals surface area contributed by atoms with Crippen LogP contribution < -0.4 is 0 Å². The highest BCUT2D eigenvalue weighted by Crippen LogP contribution is 2.50. The Bertz CT molecular complexity index is 3090. The van der Waals surface area contributed by atoms with Crippen LogP contribution in [0, 0.1) is 0 Å². The smallest absolute Gasteiger partial charge is 0.0393 e. The van der Waals surface area contributed by atoms with E-state index in [0.717, 1.165) is 6.42 Å². The van der Waals surface area contributed by atoms with Crippen LogP contribution >= 0.6 is 11.3 Å². The summed E-state index contributed by atoms with van der Waals surface area (Å²) in [4.78, 5) is 0. The van der Waals surface area contributed by atoms with E-state index in [1.54, 1.807) is 0 Å². The van der Waals surface area contributed by atoms with Crippen LogP contribution in [0.2, 0.25) is 0 Å². The normalized spacial score (nSPS) is 14.1. The summed E-state index contributed by atoms with van der Waals surface area (Å²) in [6.07, 6.45) is 5.88. The van der Waals surface area contributed by atoms with E-state index in [4.69, 9.17) is 0 Å². The van der Waals surface area contributed by atoms with E-state index in [1.165, 1.54) is 103 Å². The lowest BCUT2D eigenvalue weighted by Crippen LogP contribution is -2.10. The molecule has 0 spiro atoms. The third kappa shape index (κ3) is 4.82. The summed E-state index contributed by atoms with van der Waals surface area (Å²) in [7, 11) is 0. The SMILES string of the molecule is C1=CC(c2cccc3c2sc2ccccc23)Cc2c1c(-c1ccc(-c3ccccc3)c3ccccc13)c1ccccc1c2-c1ccc2ccccc2c1. The van der Waals surface area contributed by atoms with Crippen molar-refractivity contribution in [3.05, 3.63) is 199 Å². The molecule has 0 saturated carbocycles. The van der Waals surface area contributed by atoms with E-state index in [0.29, 0.717) is 0 Å². The fraction of sp³-hybridized carbons (Fsp3) is 0.0385. The molecule has 11 rings (SSSR count). The molecule has 0 radical (unpaired) electrons. The van der Waals surface area contributed by atoms with Gasteiger partial charge in [-0.15, -0.1) is 11.3 Å². The summed E-state index contributed by atoms with van der Waals surface area (Å²) in [6, 6.07) is 65.2. The Morgan fingerprint density at radius 2 is 1.08 bits per heavy atom. The van der Waals surface area contributed by atoms with Crippen molar-refractivity contribution in [2.75, 3.05) is 0 Å². The largest absolute Gasteiger partial charge is 0.135 e. The second kappa shape index (κ2) is 12.2. The maximum absolute atomic E-state index is 2.49. The first kappa shape index (κ1) is 30.4. The van der Waals surface area contributed by atoms with Crippen molar-refractivity contribution in [2.45, 2.75) is 12.3 Å². The van der Waals surface area contributed by atoms with Crippen molar-refractivity contribution in [1.29, 1.82) is 0 Å². The van der Waals surface area contributed by atoms with Gasteiger partial charge in [0.05, 0.1) is 0 Å². The lowest BCUT2D eigenvalue weighted by Gasteiger charge is -2.28. The Morgan fingerprint density at radius 3 is 1.91 bits per heavy atom. The highest BCUT2D eigenvalue weighted by atomic mass is 32.1. The molecule has 1 unspecified atom stereocenters. The van der Waals surface area contributed by atoms with Crippen molar-refractivity contribution >= 4 is 69.9 Å². The van der Waals surface area contributed by atoms with Gasteiger partial charge in [-0.25, -0.2) is 0 Å². The average Bonchev–Trinajstić information content (AvgIpc) is 3.61. The van der Waals surface area contributed by atoms with Gasteiger partial charge in [-0.2, -0.15) is 0 Å². The molecule has 1 aliphatic carbocycles. The summed E-state index contributed by atoms with van der Waals surface area (Å²) >= 11 is 1.93. The lowest BCUT2D eigenvalue weighted by molar-refractivity contribution is 0.838. The molecule has 248 valence electrons. The highest BCUT2D eigenvalue weighted by Gasteiger charge is 2.27. The molecule has 9 aromatic carbocycles. The maximum Gasteiger partial charge on any atom is 0.0393 e. The minimum atomic E-state index is 0.254. The molecule has 53 heavy (non-hydrogen) atoms. The van der Waals surface area contributed by atoms with Crippen LogP contribution in [-0.2, 0) is 6.42 Å². The van der Waals surface area contributed by atoms with Gasteiger partial charge in [-0.1, -0.05) is 176 Å². The molecule has 0 fully saturated rings. The summed E-state index contributed by atoms with van der Waals surface area (Å²) in [6.45, 7) is 0. The fourth-order valence-electron chi connectivity index (χ4n) is 9.03. The second-order valence-electron chi connectivity index (χ2n) is 14.3. The summed E-state index contributed by atoms with van der Waals surface area (Å²) in [5, 5.41) is 10.4. The lowest BCUT2D eigenvalue weighted by atomic mass is 9.75. The average molecular weight is 691 g/mol. The van der Waals surface area contributed by atoms with Crippen LogP contribution in [0.4, 0.5) is 0 Å². The van der Waals surface area contributed by atoms with Gasteiger partial charge in [0.2, 0.25) is 0 Å². The zero-order chi connectivity index (χ0) is 34.9. The predicted octanol–water partition coefficient (Wildman–Crippen LogP) is 14.9. The highest BCUT2D eigenvalue weighted by molar-refractivity contribution is 7.26. The number of hydrogen-bond donors (Lipinski definition) is 0. The molecule has 10 aromatic rings. The Balaban J connectivity index is 1.20. The molecule has 1 heteroatoms. The first-order valence-corrected chi connectivity index (χ1v) is 19.3. The van der Waals surface area contributed by atoms with E-state index in [-0.39, 0.29) is 5.92 Å². The van der Waals surface area contributed by atoms with Crippen molar-refractivity contribution in [3.8, 4) is 33.4 Å². The van der Waals surface area contributed by atoms with Crippen LogP contribution in [-0.4, -0.2) is 0 Å². The molecule has 1 aromatic heterocycles. The minimum Gasteiger partial charge on any atom is -0.135 e. The van der Waals surface area contributed by atoms with Gasteiger partial charge in [-0.3, -0.25) is 0 Å². The molecule has 1 heterocycles. The summed E-state index contributed by atoms with van der Waals surface area (Å²) < 4.78 is 2.76. The number of hydrogen-bond acceptors (Lipinski definition) is 1. The number of fused-ring (bicyclic) bond motifs is 7. The third-order valence-electron chi connectivity index (χ3n) is 11.4. The maximum atomic E-state index is 2.49. The Labute approximate surface area is 312 Å². The van der Waals surface area contributed by atoms with Crippen molar-refractivity contribution in [2.24, 2.45) is 0 Å². The van der Waals surface area contributed by atoms with Crippen molar-refractivity contribution in [3.63, 3.8) is 0 Å². The van der Waals surface area contributed by atoms with Gasteiger partial charge in [0, 0.05) is 26.1 Å². The molecule has 0 N–H and O–H groups in total. The minimum absolute atomic E-state index is 0.254. The summed E-state index contributed by atoms with van der Waals surface area (Å²) in [5.74, 6) is 0.254. The molecule has 0 bridgehead atoms. The second-order valence-corrected chi connectivity index (χ2v) is 15.4. The van der Waals surface area contributed by atoms with Gasteiger partial charge >= 0.3 is 0 Å². The van der Waals surface area contributed by atoms with Crippen molar-refractivity contribution < 1.29 is 0 Å². The van der Waals surface area contributed by atoms with E-state index < -0.39 is 0 Å². The Hall–Kier alpha value is -6.28. The monoisotopic (exact) mass is 690 g/mol. The molecule has 1 aliphatic rings. The van der Waals surface area contributed by atoms with Crippen molar-refractivity contribution in [1.82, 2.24) is 0 Å². The first-order valence-electron chi connectivity index (χ1n) is 18.5. The fourth-order valence-corrected chi connectivity index (χ4v) is 10.3. The van der Waals surface area contributed by atoms with Gasteiger partial charge < -0.3 is 0 Å². The molecule has 0 amide bonds. The van der Waals surface area contributed by atoms with E-state index >= 15 is 0 Å². The quantitative estimate of drug-likeness (QED) is 0.172. The van der Waals surface area contributed by atoms with Crippen LogP contribution in [0.5, 0.6) is 0 Å². The standard InChI is InChI=1S/C52H34S/c1-2-14-34(15-3-1)38-29-30-45(41-18-7-6-17-40(38)41)51-44-21-9-8-20-43(44)50(37-26-25-33-13-4-5-16-35(33)31-37)48-32-36(27-28-46(48)51)39-22-12-23-47-42-19-10-11-24-49(42)53-52(39)47/h1-31,36H,32H2. The molecular formula is C52H34S. The van der Waals surface area contributed by atoms with E-state index in [9.17, 15) is 0 Å². The van der Waals surface area contributed by atoms with Gasteiger partial charge in [0.15, 0.2) is 0 Å².